The molecule has 0 radical (unpaired) electrons. The van der Waals surface area contributed by atoms with Crippen molar-refractivity contribution in [1.82, 2.24) is 0 Å². The van der Waals surface area contributed by atoms with Crippen LogP contribution in [0.1, 0.15) is 12.0 Å². The lowest BCUT2D eigenvalue weighted by atomic mass is 10.1. The van der Waals surface area contributed by atoms with Crippen LogP contribution in [-0.4, -0.2) is 13.7 Å². The molecule has 2 nitrogen and oxygen atoms in total. The van der Waals surface area contributed by atoms with Crippen molar-refractivity contribution < 1.29 is 9.47 Å². The van der Waals surface area contributed by atoms with Gasteiger partial charge in [-0.15, -0.1) is 0 Å². The molecule has 70 valence electrons. The molecule has 1 aliphatic rings. The Balaban J connectivity index is 2.52. The van der Waals surface area contributed by atoms with Crippen molar-refractivity contribution >= 4 is 15.9 Å². The fraction of sp³-hybridized carbons (Fsp3) is 0.400. The highest BCUT2D eigenvalue weighted by Crippen LogP contribution is 2.38. The molecule has 0 saturated heterocycles. The summed E-state index contributed by atoms with van der Waals surface area (Å²) in [5.41, 5.74) is 1.23. The van der Waals surface area contributed by atoms with Gasteiger partial charge in [0.1, 0.15) is 0 Å². The first-order chi connectivity index (χ1) is 6.33. The Labute approximate surface area is 86.0 Å². The summed E-state index contributed by atoms with van der Waals surface area (Å²) in [5.74, 6) is 1.74. The van der Waals surface area contributed by atoms with E-state index in [1.807, 2.05) is 12.1 Å². The van der Waals surface area contributed by atoms with Crippen LogP contribution in [0.4, 0.5) is 0 Å². The fourth-order valence-corrected chi connectivity index (χ4v) is 2.07. The molecule has 0 spiro atoms. The lowest BCUT2D eigenvalue weighted by molar-refractivity contribution is 0.268. The maximum atomic E-state index is 5.57. The number of hydrogen-bond donors (Lipinski definition) is 0. The minimum absolute atomic E-state index is 0.791. The van der Waals surface area contributed by atoms with Gasteiger partial charge in [-0.25, -0.2) is 0 Å². The van der Waals surface area contributed by atoms with Crippen molar-refractivity contribution in [3.05, 3.63) is 22.2 Å². The molecule has 0 aromatic heterocycles. The van der Waals surface area contributed by atoms with E-state index in [9.17, 15) is 0 Å². The fourth-order valence-electron chi connectivity index (χ4n) is 1.56. The zero-order valence-corrected chi connectivity index (χ0v) is 9.06. The van der Waals surface area contributed by atoms with Gasteiger partial charge in [0.15, 0.2) is 11.5 Å². The molecule has 2 rings (SSSR count). The lowest BCUT2D eigenvalue weighted by Gasteiger charge is -2.20. The smallest absolute Gasteiger partial charge is 0.165 e. The minimum atomic E-state index is 0.791. The molecule has 0 atom stereocenters. The monoisotopic (exact) mass is 242 g/mol. The van der Waals surface area contributed by atoms with E-state index in [2.05, 4.69) is 15.9 Å². The van der Waals surface area contributed by atoms with Gasteiger partial charge < -0.3 is 9.47 Å². The Morgan fingerprint density at radius 2 is 2.31 bits per heavy atom. The quantitative estimate of drug-likeness (QED) is 0.755. The van der Waals surface area contributed by atoms with Gasteiger partial charge >= 0.3 is 0 Å². The predicted octanol–water partition coefficient (Wildman–Crippen LogP) is 2.78. The largest absolute Gasteiger partial charge is 0.493 e. The number of halogens is 1. The Hall–Kier alpha value is -0.700. The summed E-state index contributed by atoms with van der Waals surface area (Å²) in [7, 11) is 1.67. The van der Waals surface area contributed by atoms with E-state index in [1.165, 1.54) is 5.56 Å². The van der Waals surface area contributed by atoms with Crippen molar-refractivity contribution in [3.8, 4) is 11.5 Å². The van der Waals surface area contributed by atoms with E-state index in [4.69, 9.17) is 9.47 Å². The third kappa shape index (κ3) is 1.53. The molecule has 0 bridgehead atoms. The molecule has 1 aromatic rings. The first-order valence-corrected chi connectivity index (χ1v) is 5.10. The van der Waals surface area contributed by atoms with Gasteiger partial charge in [-0.05, 0) is 25.0 Å². The Kier molecular flexibility index (Phi) is 2.44. The first kappa shape index (κ1) is 8.88. The zero-order chi connectivity index (χ0) is 9.26. The third-order valence-electron chi connectivity index (χ3n) is 2.20. The highest BCUT2D eigenvalue weighted by atomic mass is 79.9. The van der Waals surface area contributed by atoms with Crippen LogP contribution in [0.5, 0.6) is 11.5 Å². The maximum absolute atomic E-state index is 5.57. The van der Waals surface area contributed by atoms with Crippen LogP contribution in [0.2, 0.25) is 0 Å². The van der Waals surface area contributed by atoms with Gasteiger partial charge in [-0.3, -0.25) is 0 Å². The van der Waals surface area contributed by atoms with Crippen molar-refractivity contribution in [2.24, 2.45) is 0 Å². The maximum Gasteiger partial charge on any atom is 0.165 e. The molecule has 13 heavy (non-hydrogen) atoms. The number of hydrogen-bond acceptors (Lipinski definition) is 2. The van der Waals surface area contributed by atoms with Crippen LogP contribution < -0.4 is 9.47 Å². The molecule has 3 heteroatoms. The number of fused-ring (bicyclic) bond motifs is 1. The van der Waals surface area contributed by atoms with E-state index in [1.54, 1.807) is 7.11 Å². The lowest BCUT2D eigenvalue weighted by Crippen LogP contribution is -2.09. The molecule has 0 fully saturated rings. The normalized spacial score (nSPS) is 14.6. The second-order valence-corrected chi connectivity index (χ2v) is 3.86. The zero-order valence-electron chi connectivity index (χ0n) is 7.47. The second-order valence-electron chi connectivity index (χ2n) is 3.01. The van der Waals surface area contributed by atoms with Gasteiger partial charge in [0.2, 0.25) is 0 Å². The van der Waals surface area contributed by atoms with Crippen LogP contribution in [0.15, 0.2) is 16.6 Å². The van der Waals surface area contributed by atoms with E-state index in [0.29, 0.717) is 0 Å². The van der Waals surface area contributed by atoms with Crippen LogP contribution in [-0.2, 0) is 6.42 Å². The predicted molar refractivity (Wildman–Crippen MR) is 54.5 cm³/mol. The summed E-state index contributed by atoms with van der Waals surface area (Å²) >= 11 is 3.51. The summed E-state index contributed by atoms with van der Waals surface area (Å²) in [6, 6.07) is 3.93. The molecule has 0 aliphatic carbocycles. The molecular weight excluding hydrogens is 232 g/mol. The van der Waals surface area contributed by atoms with Gasteiger partial charge in [-0.2, -0.15) is 0 Å². The minimum Gasteiger partial charge on any atom is -0.493 e. The van der Waals surface area contributed by atoms with Crippen LogP contribution in [0.25, 0.3) is 0 Å². The number of methoxy groups -OCH3 is 1. The van der Waals surface area contributed by atoms with Crippen molar-refractivity contribution in [3.63, 3.8) is 0 Å². The summed E-state index contributed by atoms with van der Waals surface area (Å²) in [6.45, 7) is 0.791. The van der Waals surface area contributed by atoms with Crippen molar-refractivity contribution in [1.29, 1.82) is 0 Å². The molecule has 1 aromatic carbocycles. The van der Waals surface area contributed by atoms with Crippen LogP contribution in [0, 0.1) is 0 Å². The van der Waals surface area contributed by atoms with Crippen molar-refractivity contribution in [2.45, 2.75) is 12.8 Å². The van der Waals surface area contributed by atoms with Crippen LogP contribution in [0.3, 0.4) is 0 Å². The Bertz CT molecular complexity index is 323. The summed E-state index contributed by atoms with van der Waals surface area (Å²) in [4.78, 5) is 0. The molecule has 0 amide bonds. The molecule has 0 saturated carbocycles. The summed E-state index contributed by atoms with van der Waals surface area (Å²) in [6.07, 6.45) is 2.14. The second kappa shape index (κ2) is 3.58. The van der Waals surface area contributed by atoms with Gasteiger partial charge in [0.05, 0.1) is 13.7 Å². The van der Waals surface area contributed by atoms with Gasteiger partial charge in [-0.1, -0.05) is 15.9 Å². The third-order valence-corrected chi connectivity index (χ3v) is 2.95. The standard InChI is InChI=1S/C10H11BrO2/c1-12-9-5-4-8(11)7-3-2-6-13-10(7)9/h4-5H,2-3,6H2,1H3. The Morgan fingerprint density at radius 3 is 3.08 bits per heavy atom. The first-order valence-electron chi connectivity index (χ1n) is 4.31. The van der Waals surface area contributed by atoms with E-state index in [-0.39, 0.29) is 0 Å². The number of rotatable bonds is 1. The van der Waals surface area contributed by atoms with E-state index >= 15 is 0 Å². The van der Waals surface area contributed by atoms with Crippen LogP contribution >= 0.6 is 15.9 Å². The van der Waals surface area contributed by atoms with Gasteiger partial charge in [0, 0.05) is 10.0 Å². The molecular formula is C10H11BrO2. The average molecular weight is 243 g/mol. The molecule has 1 aliphatic heterocycles. The highest BCUT2D eigenvalue weighted by molar-refractivity contribution is 9.10. The number of benzene rings is 1. The molecule has 0 N–H and O–H groups in total. The SMILES string of the molecule is COc1ccc(Br)c2c1OCCC2. The highest BCUT2D eigenvalue weighted by Gasteiger charge is 2.17. The summed E-state index contributed by atoms with van der Waals surface area (Å²) < 4.78 is 11.9. The number of ether oxygens (including phenoxy) is 2. The Morgan fingerprint density at radius 1 is 1.46 bits per heavy atom. The van der Waals surface area contributed by atoms with Gasteiger partial charge in [0.25, 0.3) is 0 Å². The molecule has 0 unspecified atom stereocenters. The summed E-state index contributed by atoms with van der Waals surface area (Å²) in [5, 5.41) is 0. The van der Waals surface area contributed by atoms with E-state index < -0.39 is 0 Å². The van der Waals surface area contributed by atoms with E-state index in [0.717, 1.165) is 35.4 Å². The topological polar surface area (TPSA) is 18.5 Å². The average Bonchev–Trinajstić information content (AvgIpc) is 2.19. The van der Waals surface area contributed by atoms with Crippen molar-refractivity contribution in [2.75, 3.05) is 13.7 Å². The molecule has 1 heterocycles.